The number of carbonyl (C=O) groups is 1. The summed E-state index contributed by atoms with van der Waals surface area (Å²) in [6.07, 6.45) is 5.27. The first kappa shape index (κ1) is 12.3. The maximum Gasteiger partial charge on any atom is 0.250 e. The molecule has 1 amide bonds. The molecule has 0 unspecified atom stereocenters. The van der Waals surface area contributed by atoms with E-state index in [1.165, 1.54) is 0 Å². The van der Waals surface area contributed by atoms with Crippen molar-refractivity contribution in [2.75, 3.05) is 18.5 Å². The van der Waals surface area contributed by atoms with Crippen LogP contribution in [0.1, 0.15) is 6.92 Å². The first-order valence-electron chi connectivity index (χ1n) is 5.75. The van der Waals surface area contributed by atoms with Gasteiger partial charge < -0.3 is 14.6 Å². The topological polar surface area (TPSA) is 56.1 Å². The maximum absolute atomic E-state index is 11.5. The summed E-state index contributed by atoms with van der Waals surface area (Å²) in [5, 5.41) is 2.78. The van der Waals surface area contributed by atoms with Gasteiger partial charge in [0.25, 0.3) is 0 Å². The number of ether oxygens (including phenoxy) is 1. The van der Waals surface area contributed by atoms with Crippen molar-refractivity contribution in [3.05, 3.63) is 43.0 Å². The van der Waals surface area contributed by atoms with Gasteiger partial charge in [-0.3, -0.25) is 4.79 Å². The summed E-state index contributed by atoms with van der Waals surface area (Å²) in [7, 11) is 0. The summed E-state index contributed by atoms with van der Waals surface area (Å²) in [5.41, 5.74) is 1.69. The van der Waals surface area contributed by atoms with Gasteiger partial charge in [0.05, 0.1) is 6.33 Å². The van der Waals surface area contributed by atoms with Gasteiger partial charge in [0.2, 0.25) is 5.91 Å². The van der Waals surface area contributed by atoms with Gasteiger partial charge in [0.15, 0.2) is 0 Å². The highest BCUT2D eigenvalue weighted by Gasteiger charge is 2.03. The van der Waals surface area contributed by atoms with Crippen LogP contribution in [0.2, 0.25) is 0 Å². The molecule has 0 saturated carbocycles. The zero-order valence-electron chi connectivity index (χ0n) is 10.2. The highest BCUT2D eigenvalue weighted by molar-refractivity contribution is 5.91. The second-order valence-electron chi connectivity index (χ2n) is 3.71. The molecule has 0 aliphatic rings. The number of imidazole rings is 1. The molecule has 0 aliphatic carbocycles. The molecule has 94 valence electrons. The van der Waals surface area contributed by atoms with E-state index in [-0.39, 0.29) is 12.5 Å². The molecule has 0 spiro atoms. The molecule has 1 aromatic heterocycles. The minimum atomic E-state index is -0.153. The molecule has 0 atom stereocenters. The van der Waals surface area contributed by atoms with Gasteiger partial charge in [-0.2, -0.15) is 0 Å². The monoisotopic (exact) mass is 245 g/mol. The minimum absolute atomic E-state index is 0.0752. The Morgan fingerprint density at radius 2 is 2.39 bits per heavy atom. The Hall–Kier alpha value is -2.14. The van der Waals surface area contributed by atoms with Crippen LogP contribution in [0.4, 0.5) is 5.69 Å². The van der Waals surface area contributed by atoms with E-state index in [0.717, 1.165) is 11.4 Å². The number of anilines is 1. The van der Waals surface area contributed by atoms with E-state index in [4.69, 9.17) is 4.74 Å². The third kappa shape index (κ3) is 3.18. The molecule has 2 aromatic rings. The lowest BCUT2D eigenvalue weighted by atomic mass is 10.2. The number of nitrogens with one attached hydrogen (secondary N) is 1. The zero-order valence-corrected chi connectivity index (χ0v) is 10.2. The van der Waals surface area contributed by atoms with E-state index in [9.17, 15) is 4.79 Å². The van der Waals surface area contributed by atoms with Gasteiger partial charge in [0.1, 0.15) is 6.61 Å². The molecule has 1 N–H and O–H groups in total. The third-order valence-electron chi connectivity index (χ3n) is 2.37. The molecule has 0 bridgehead atoms. The van der Waals surface area contributed by atoms with E-state index in [2.05, 4.69) is 10.3 Å². The van der Waals surface area contributed by atoms with Gasteiger partial charge in [-0.05, 0) is 25.1 Å². The molecular weight excluding hydrogens is 230 g/mol. The Balaban J connectivity index is 2.06. The number of rotatable bonds is 5. The highest BCUT2D eigenvalue weighted by atomic mass is 16.5. The van der Waals surface area contributed by atoms with Crippen molar-refractivity contribution in [1.82, 2.24) is 9.55 Å². The van der Waals surface area contributed by atoms with Crippen LogP contribution in [-0.4, -0.2) is 28.7 Å². The van der Waals surface area contributed by atoms with E-state index in [1.54, 1.807) is 12.5 Å². The van der Waals surface area contributed by atoms with Crippen LogP contribution in [-0.2, 0) is 9.53 Å². The largest absolute Gasteiger partial charge is 0.372 e. The number of hydrogen-bond donors (Lipinski definition) is 1. The summed E-state index contributed by atoms with van der Waals surface area (Å²) in [4.78, 5) is 15.5. The number of benzene rings is 1. The number of aromatic nitrogens is 2. The number of carbonyl (C=O) groups excluding carboxylic acids is 1. The van der Waals surface area contributed by atoms with Gasteiger partial charge in [-0.15, -0.1) is 0 Å². The molecule has 2 rings (SSSR count). The van der Waals surface area contributed by atoms with Crippen LogP contribution < -0.4 is 5.32 Å². The van der Waals surface area contributed by atoms with Crippen molar-refractivity contribution in [3.8, 4) is 5.69 Å². The third-order valence-corrected chi connectivity index (χ3v) is 2.37. The van der Waals surface area contributed by atoms with Crippen LogP contribution in [0, 0.1) is 0 Å². The van der Waals surface area contributed by atoms with Crippen molar-refractivity contribution < 1.29 is 9.53 Å². The van der Waals surface area contributed by atoms with Gasteiger partial charge >= 0.3 is 0 Å². The lowest BCUT2D eigenvalue weighted by Gasteiger charge is -2.07. The average Bonchev–Trinajstić information content (AvgIpc) is 2.90. The molecule has 18 heavy (non-hydrogen) atoms. The SMILES string of the molecule is CCOCC(=O)Nc1cccc(-n2ccnc2)c1. The molecule has 0 radical (unpaired) electrons. The van der Waals surface area contributed by atoms with Crippen molar-refractivity contribution in [2.24, 2.45) is 0 Å². The molecular formula is C13H15N3O2. The predicted molar refractivity (Wildman–Crippen MR) is 68.7 cm³/mol. The first-order valence-corrected chi connectivity index (χ1v) is 5.75. The van der Waals surface area contributed by atoms with Crippen molar-refractivity contribution in [3.63, 3.8) is 0 Å². The zero-order chi connectivity index (χ0) is 12.8. The van der Waals surface area contributed by atoms with E-state index in [0.29, 0.717) is 6.61 Å². The lowest BCUT2D eigenvalue weighted by Crippen LogP contribution is -2.18. The number of nitrogens with zero attached hydrogens (tertiary/aromatic N) is 2. The van der Waals surface area contributed by atoms with Crippen molar-refractivity contribution in [1.29, 1.82) is 0 Å². The maximum atomic E-state index is 11.5. The fourth-order valence-corrected chi connectivity index (χ4v) is 1.55. The lowest BCUT2D eigenvalue weighted by molar-refractivity contribution is -0.120. The average molecular weight is 245 g/mol. The van der Waals surface area contributed by atoms with Gasteiger partial charge in [-0.25, -0.2) is 4.98 Å². The fourth-order valence-electron chi connectivity index (χ4n) is 1.55. The normalized spacial score (nSPS) is 10.3. The second-order valence-corrected chi connectivity index (χ2v) is 3.71. The van der Waals surface area contributed by atoms with Crippen LogP contribution in [0.3, 0.4) is 0 Å². The minimum Gasteiger partial charge on any atom is -0.372 e. The fraction of sp³-hybridized carbons (Fsp3) is 0.231. The molecule has 5 nitrogen and oxygen atoms in total. The number of amides is 1. The smallest absolute Gasteiger partial charge is 0.250 e. The van der Waals surface area contributed by atoms with E-state index in [1.807, 2.05) is 42.0 Å². The second kappa shape index (κ2) is 5.97. The molecule has 1 heterocycles. The van der Waals surface area contributed by atoms with Crippen LogP contribution in [0.25, 0.3) is 5.69 Å². The van der Waals surface area contributed by atoms with Crippen LogP contribution >= 0.6 is 0 Å². The summed E-state index contributed by atoms with van der Waals surface area (Å²) in [6, 6.07) is 7.54. The Morgan fingerprint density at radius 3 is 3.11 bits per heavy atom. The molecule has 0 fully saturated rings. The molecule has 5 heteroatoms. The Kier molecular flexibility index (Phi) is 4.09. The summed E-state index contributed by atoms with van der Waals surface area (Å²) in [6.45, 7) is 2.46. The Labute approximate surface area is 105 Å². The summed E-state index contributed by atoms with van der Waals surface area (Å²) < 4.78 is 6.92. The first-order chi connectivity index (χ1) is 8.79. The van der Waals surface area contributed by atoms with Crippen molar-refractivity contribution in [2.45, 2.75) is 6.92 Å². The molecule has 0 aliphatic heterocycles. The van der Waals surface area contributed by atoms with Gasteiger partial charge in [0, 0.05) is 30.4 Å². The molecule has 1 aromatic carbocycles. The van der Waals surface area contributed by atoms with Crippen LogP contribution in [0.5, 0.6) is 0 Å². The standard InChI is InChI=1S/C13H15N3O2/c1-2-18-9-13(17)15-11-4-3-5-12(8-11)16-7-6-14-10-16/h3-8,10H,2,9H2,1H3,(H,15,17). The Morgan fingerprint density at radius 1 is 1.50 bits per heavy atom. The van der Waals surface area contributed by atoms with E-state index < -0.39 is 0 Å². The predicted octanol–water partition coefficient (Wildman–Crippen LogP) is 1.85. The van der Waals surface area contributed by atoms with Crippen LogP contribution in [0.15, 0.2) is 43.0 Å². The quantitative estimate of drug-likeness (QED) is 0.874. The molecule has 0 saturated heterocycles. The Bertz CT molecular complexity index is 509. The highest BCUT2D eigenvalue weighted by Crippen LogP contribution is 2.14. The summed E-state index contributed by atoms with van der Waals surface area (Å²) in [5.74, 6) is -0.153. The van der Waals surface area contributed by atoms with Gasteiger partial charge in [-0.1, -0.05) is 6.07 Å². The van der Waals surface area contributed by atoms with Crippen molar-refractivity contribution >= 4 is 11.6 Å². The number of hydrogen-bond acceptors (Lipinski definition) is 3. The van der Waals surface area contributed by atoms with E-state index >= 15 is 0 Å². The summed E-state index contributed by atoms with van der Waals surface area (Å²) >= 11 is 0.